The Hall–Kier alpha value is -1.40. The van der Waals surface area contributed by atoms with Crippen LogP contribution >= 0.6 is 0 Å². The van der Waals surface area contributed by atoms with Crippen LogP contribution in [0, 0.1) is 0 Å². The van der Waals surface area contributed by atoms with Crippen LogP contribution in [-0.4, -0.2) is 36.8 Å². The number of sulfone groups is 1. The van der Waals surface area contributed by atoms with Gasteiger partial charge in [-0.1, -0.05) is 19.9 Å². The third-order valence-corrected chi connectivity index (χ3v) is 4.62. The zero-order valence-corrected chi connectivity index (χ0v) is 13.9. The Morgan fingerprint density at radius 1 is 1.33 bits per heavy atom. The van der Waals surface area contributed by atoms with E-state index in [0.29, 0.717) is 16.5 Å². The van der Waals surface area contributed by atoms with Crippen molar-refractivity contribution in [1.29, 1.82) is 0 Å². The SMILES string of the molecule is CC(C)NCCCc1nc2c(S(C)(=O)=O)cccc2n1C. The molecule has 6 heteroatoms. The zero-order chi connectivity index (χ0) is 15.6. The zero-order valence-electron chi connectivity index (χ0n) is 13.0. The molecular weight excluding hydrogens is 286 g/mol. The molecule has 1 N–H and O–H groups in total. The number of hydrogen-bond donors (Lipinski definition) is 1. The summed E-state index contributed by atoms with van der Waals surface area (Å²) in [6.45, 7) is 5.17. The van der Waals surface area contributed by atoms with Crippen molar-refractivity contribution in [2.24, 2.45) is 7.05 Å². The molecule has 0 aliphatic rings. The largest absolute Gasteiger partial charge is 0.331 e. The summed E-state index contributed by atoms with van der Waals surface area (Å²) in [5.74, 6) is 0.923. The second-order valence-corrected chi connectivity index (χ2v) is 7.68. The number of para-hydroxylation sites is 1. The molecule has 1 aromatic carbocycles. The van der Waals surface area contributed by atoms with Crippen LogP contribution in [0.4, 0.5) is 0 Å². The van der Waals surface area contributed by atoms with Gasteiger partial charge in [0, 0.05) is 25.8 Å². The molecule has 0 aliphatic carbocycles. The van der Waals surface area contributed by atoms with E-state index < -0.39 is 9.84 Å². The fourth-order valence-corrected chi connectivity index (χ4v) is 3.22. The number of nitrogens with zero attached hydrogens (tertiary/aromatic N) is 2. The maximum atomic E-state index is 11.8. The Kier molecular flexibility index (Phi) is 4.68. The van der Waals surface area contributed by atoms with E-state index in [1.807, 2.05) is 17.7 Å². The van der Waals surface area contributed by atoms with Crippen LogP contribution in [0.3, 0.4) is 0 Å². The molecule has 0 bridgehead atoms. The molecule has 1 heterocycles. The molecule has 0 saturated heterocycles. The number of imidazole rings is 1. The van der Waals surface area contributed by atoms with E-state index in [0.717, 1.165) is 30.7 Å². The third-order valence-electron chi connectivity index (χ3n) is 3.50. The van der Waals surface area contributed by atoms with Gasteiger partial charge in [-0.15, -0.1) is 0 Å². The van der Waals surface area contributed by atoms with Gasteiger partial charge in [0.05, 0.1) is 10.4 Å². The lowest BCUT2D eigenvalue weighted by Gasteiger charge is -2.07. The molecule has 0 spiro atoms. The van der Waals surface area contributed by atoms with Crippen LogP contribution < -0.4 is 5.32 Å². The van der Waals surface area contributed by atoms with Gasteiger partial charge in [0.15, 0.2) is 9.84 Å². The van der Waals surface area contributed by atoms with E-state index in [1.165, 1.54) is 6.26 Å². The maximum Gasteiger partial charge on any atom is 0.177 e. The summed E-state index contributed by atoms with van der Waals surface area (Å²) in [5.41, 5.74) is 1.44. The number of benzene rings is 1. The van der Waals surface area contributed by atoms with E-state index in [2.05, 4.69) is 24.1 Å². The van der Waals surface area contributed by atoms with Crippen molar-refractivity contribution in [2.45, 2.75) is 37.6 Å². The Bertz CT molecular complexity index is 733. The molecular formula is C15H23N3O2S. The molecule has 0 radical (unpaired) electrons. The number of aromatic nitrogens is 2. The Labute approximate surface area is 126 Å². The summed E-state index contributed by atoms with van der Waals surface area (Å²) in [5, 5.41) is 3.37. The van der Waals surface area contributed by atoms with Crippen molar-refractivity contribution in [3.8, 4) is 0 Å². The average molecular weight is 309 g/mol. The predicted molar refractivity (Wildman–Crippen MR) is 85.3 cm³/mol. The topological polar surface area (TPSA) is 64.0 Å². The van der Waals surface area contributed by atoms with Gasteiger partial charge in [-0.05, 0) is 25.1 Å². The van der Waals surface area contributed by atoms with Crippen molar-refractivity contribution in [3.63, 3.8) is 0 Å². The van der Waals surface area contributed by atoms with E-state index in [9.17, 15) is 8.42 Å². The molecule has 0 saturated carbocycles. The highest BCUT2D eigenvalue weighted by Gasteiger charge is 2.16. The second-order valence-electron chi connectivity index (χ2n) is 5.70. The number of rotatable bonds is 6. The lowest BCUT2D eigenvalue weighted by Crippen LogP contribution is -2.24. The smallest absolute Gasteiger partial charge is 0.177 e. The van der Waals surface area contributed by atoms with Crippen LogP contribution in [0.25, 0.3) is 11.0 Å². The van der Waals surface area contributed by atoms with Crippen LogP contribution in [0.15, 0.2) is 23.1 Å². The summed E-state index contributed by atoms with van der Waals surface area (Å²) < 4.78 is 25.7. The van der Waals surface area contributed by atoms with E-state index in [-0.39, 0.29) is 0 Å². The van der Waals surface area contributed by atoms with E-state index >= 15 is 0 Å². The van der Waals surface area contributed by atoms with Gasteiger partial charge in [-0.2, -0.15) is 0 Å². The van der Waals surface area contributed by atoms with Crippen molar-refractivity contribution in [2.75, 3.05) is 12.8 Å². The number of fused-ring (bicyclic) bond motifs is 1. The van der Waals surface area contributed by atoms with Crippen LogP contribution in [-0.2, 0) is 23.3 Å². The van der Waals surface area contributed by atoms with Crippen molar-refractivity contribution in [1.82, 2.24) is 14.9 Å². The van der Waals surface area contributed by atoms with Crippen molar-refractivity contribution >= 4 is 20.9 Å². The van der Waals surface area contributed by atoms with Gasteiger partial charge in [0.25, 0.3) is 0 Å². The summed E-state index contributed by atoms with van der Waals surface area (Å²) in [6, 6.07) is 5.77. The predicted octanol–water partition coefficient (Wildman–Crippen LogP) is 1.91. The summed E-state index contributed by atoms with van der Waals surface area (Å²) in [6.07, 6.45) is 3.03. The molecule has 0 unspecified atom stereocenters. The van der Waals surface area contributed by atoms with E-state index in [1.54, 1.807) is 12.1 Å². The quantitative estimate of drug-likeness (QED) is 0.828. The molecule has 21 heavy (non-hydrogen) atoms. The van der Waals surface area contributed by atoms with Crippen LogP contribution in [0.1, 0.15) is 26.1 Å². The molecule has 5 nitrogen and oxygen atoms in total. The summed E-state index contributed by atoms with van der Waals surface area (Å²) in [4.78, 5) is 4.86. The lowest BCUT2D eigenvalue weighted by atomic mass is 10.3. The van der Waals surface area contributed by atoms with Gasteiger partial charge >= 0.3 is 0 Å². The average Bonchev–Trinajstić information content (AvgIpc) is 2.70. The Balaban J connectivity index is 2.29. The van der Waals surface area contributed by atoms with Gasteiger partial charge in [-0.3, -0.25) is 0 Å². The molecule has 0 fully saturated rings. The minimum absolute atomic E-state index is 0.308. The maximum absolute atomic E-state index is 11.8. The highest BCUT2D eigenvalue weighted by molar-refractivity contribution is 7.91. The first-order valence-corrected chi connectivity index (χ1v) is 9.07. The van der Waals surface area contributed by atoms with Gasteiger partial charge in [0.1, 0.15) is 11.3 Å². The third kappa shape index (κ3) is 3.63. The molecule has 0 aliphatic heterocycles. The normalized spacial score (nSPS) is 12.4. The number of hydrogen-bond acceptors (Lipinski definition) is 4. The molecule has 116 valence electrons. The molecule has 2 aromatic rings. The fraction of sp³-hybridized carbons (Fsp3) is 0.533. The summed E-state index contributed by atoms with van der Waals surface area (Å²) >= 11 is 0. The molecule has 0 amide bonds. The Morgan fingerprint density at radius 2 is 2.05 bits per heavy atom. The second kappa shape index (κ2) is 6.15. The van der Waals surface area contributed by atoms with Crippen LogP contribution in [0.2, 0.25) is 0 Å². The highest BCUT2D eigenvalue weighted by atomic mass is 32.2. The van der Waals surface area contributed by atoms with Crippen LogP contribution in [0.5, 0.6) is 0 Å². The van der Waals surface area contributed by atoms with Crippen molar-refractivity contribution in [3.05, 3.63) is 24.0 Å². The van der Waals surface area contributed by atoms with Gasteiger partial charge < -0.3 is 9.88 Å². The number of aryl methyl sites for hydroxylation is 2. The standard InChI is InChI=1S/C15H23N3O2S/c1-11(2)16-10-6-9-14-17-15-12(18(14)3)7-5-8-13(15)21(4,19)20/h5,7-8,11,16H,6,9-10H2,1-4H3. The monoisotopic (exact) mass is 309 g/mol. The molecule has 1 aromatic heterocycles. The molecule has 0 atom stereocenters. The Morgan fingerprint density at radius 3 is 2.67 bits per heavy atom. The van der Waals surface area contributed by atoms with E-state index in [4.69, 9.17) is 0 Å². The van der Waals surface area contributed by atoms with Gasteiger partial charge in [-0.25, -0.2) is 13.4 Å². The molecule has 2 rings (SSSR count). The fourth-order valence-electron chi connectivity index (χ4n) is 2.40. The first-order valence-electron chi connectivity index (χ1n) is 7.18. The van der Waals surface area contributed by atoms with Gasteiger partial charge in [0.2, 0.25) is 0 Å². The summed E-state index contributed by atoms with van der Waals surface area (Å²) in [7, 11) is -1.32. The first kappa shape index (κ1) is 16.0. The first-order chi connectivity index (χ1) is 9.80. The minimum atomic E-state index is -3.26. The lowest BCUT2D eigenvalue weighted by molar-refractivity contribution is 0.563. The minimum Gasteiger partial charge on any atom is -0.331 e. The number of nitrogens with one attached hydrogen (secondary N) is 1. The van der Waals surface area contributed by atoms with Crippen molar-refractivity contribution < 1.29 is 8.42 Å². The highest BCUT2D eigenvalue weighted by Crippen LogP contribution is 2.23.